The van der Waals surface area contributed by atoms with Gasteiger partial charge in [0.1, 0.15) is 0 Å². The molecule has 4 rings (SSSR count). The van der Waals surface area contributed by atoms with E-state index in [1.165, 1.54) is 44.1 Å². The number of aliphatic hydroxyl groups is 1. The monoisotopic (exact) mass is 384 g/mol. The topological polar surface area (TPSA) is 79.1 Å². The van der Waals surface area contributed by atoms with Gasteiger partial charge in [0.05, 0.1) is 6.20 Å². The van der Waals surface area contributed by atoms with E-state index in [0.717, 1.165) is 24.6 Å². The van der Waals surface area contributed by atoms with E-state index in [9.17, 15) is 5.11 Å². The van der Waals surface area contributed by atoms with Crippen molar-refractivity contribution in [1.29, 1.82) is 0 Å². The molecule has 0 atom stereocenters. The van der Waals surface area contributed by atoms with Crippen LogP contribution in [0.2, 0.25) is 0 Å². The molecule has 2 aromatic heterocycles. The molecule has 0 aromatic carbocycles. The fourth-order valence-electron chi connectivity index (χ4n) is 4.88. The van der Waals surface area contributed by atoms with Crippen molar-refractivity contribution in [2.45, 2.75) is 51.0 Å². The summed E-state index contributed by atoms with van der Waals surface area (Å²) in [6, 6.07) is 0.479. The molecule has 0 unspecified atom stereocenters. The van der Waals surface area contributed by atoms with Crippen LogP contribution in [0.5, 0.6) is 0 Å². The molecule has 7 heteroatoms. The highest BCUT2D eigenvalue weighted by molar-refractivity contribution is 5.60. The molecule has 0 amide bonds. The molecule has 152 valence electrons. The molecule has 2 N–H and O–H groups in total. The second-order valence-electron chi connectivity index (χ2n) is 8.80. The number of aliphatic hydroxyl groups excluding tert-OH is 1. The zero-order chi connectivity index (χ0) is 19.6. The average Bonchev–Trinajstić information content (AvgIpc) is 3.11. The largest absolute Gasteiger partial charge is 0.396 e. The van der Waals surface area contributed by atoms with Crippen molar-refractivity contribution in [1.82, 2.24) is 19.7 Å². The average molecular weight is 385 g/mol. The first-order valence-electron chi connectivity index (χ1n) is 10.4. The van der Waals surface area contributed by atoms with Gasteiger partial charge in [-0.1, -0.05) is 0 Å². The van der Waals surface area contributed by atoms with Crippen LogP contribution in [0.1, 0.15) is 44.1 Å². The van der Waals surface area contributed by atoms with Crippen molar-refractivity contribution >= 4 is 11.6 Å². The van der Waals surface area contributed by atoms with Crippen LogP contribution in [0.25, 0.3) is 0 Å². The lowest BCUT2D eigenvalue weighted by atomic mass is 9.57. The molecule has 0 radical (unpaired) electrons. The van der Waals surface area contributed by atoms with Crippen LogP contribution in [0, 0.1) is 11.3 Å². The van der Waals surface area contributed by atoms with Crippen molar-refractivity contribution < 1.29 is 5.11 Å². The van der Waals surface area contributed by atoms with Crippen LogP contribution >= 0.6 is 0 Å². The lowest BCUT2D eigenvalue weighted by Gasteiger charge is -2.52. The van der Waals surface area contributed by atoms with Gasteiger partial charge in [0, 0.05) is 51.9 Å². The number of rotatable bonds is 7. The maximum absolute atomic E-state index is 9.36. The van der Waals surface area contributed by atoms with Gasteiger partial charge < -0.3 is 15.3 Å². The maximum Gasteiger partial charge on any atom is 0.171 e. The molecule has 1 spiro atoms. The Morgan fingerprint density at radius 2 is 2.00 bits per heavy atom. The van der Waals surface area contributed by atoms with Crippen LogP contribution in [0.3, 0.4) is 0 Å². The van der Waals surface area contributed by atoms with Crippen LogP contribution in [0.4, 0.5) is 11.6 Å². The van der Waals surface area contributed by atoms with Crippen molar-refractivity contribution in [3.8, 4) is 0 Å². The number of hydrogen-bond acceptors (Lipinski definition) is 6. The molecule has 2 saturated carbocycles. The van der Waals surface area contributed by atoms with Crippen molar-refractivity contribution in [3.05, 3.63) is 30.4 Å². The normalized spacial score (nSPS) is 26.8. The Labute approximate surface area is 167 Å². The second kappa shape index (κ2) is 8.07. The Hall–Kier alpha value is -2.15. The first kappa shape index (κ1) is 19.2. The van der Waals surface area contributed by atoms with Gasteiger partial charge in [0.25, 0.3) is 0 Å². The van der Waals surface area contributed by atoms with Crippen molar-refractivity contribution in [2.24, 2.45) is 18.4 Å². The molecule has 2 aromatic rings. The summed E-state index contributed by atoms with van der Waals surface area (Å²) in [4.78, 5) is 11.3. The number of aromatic nitrogens is 4. The van der Waals surface area contributed by atoms with E-state index < -0.39 is 0 Å². The standard InChI is InChI=1S/C21H32N6O/c1-26(10-5-17-13-24-27(2)14-17)20-19(22-8-9-23-20)25-18-11-21(12-18)6-3-16(15-28)4-7-21/h8-9,13-14,16,18,28H,3-7,10-12,15H2,1-2H3,(H,22,25). The number of aryl methyl sites for hydroxylation is 1. The molecule has 2 aliphatic rings. The van der Waals surface area contributed by atoms with Crippen LogP contribution in [-0.4, -0.2) is 51.1 Å². The molecular weight excluding hydrogens is 352 g/mol. The Kier molecular flexibility index (Phi) is 5.53. The second-order valence-corrected chi connectivity index (χ2v) is 8.80. The molecule has 0 saturated heterocycles. The van der Waals surface area contributed by atoms with E-state index in [4.69, 9.17) is 0 Å². The molecule has 2 aliphatic carbocycles. The minimum Gasteiger partial charge on any atom is -0.396 e. The molecule has 0 aliphatic heterocycles. The third-order valence-electron chi connectivity index (χ3n) is 6.66. The van der Waals surface area contributed by atoms with Gasteiger partial charge in [0.15, 0.2) is 11.6 Å². The quantitative estimate of drug-likeness (QED) is 0.764. The molecule has 0 bridgehead atoms. The zero-order valence-corrected chi connectivity index (χ0v) is 17.0. The predicted octanol–water partition coefficient (Wildman–Crippen LogP) is 2.63. The molecule has 2 fully saturated rings. The Bertz CT molecular complexity index is 775. The van der Waals surface area contributed by atoms with Gasteiger partial charge in [-0.25, -0.2) is 9.97 Å². The van der Waals surface area contributed by atoms with E-state index in [2.05, 4.69) is 38.5 Å². The third kappa shape index (κ3) is 4.14. The van der Waals surface area contributed by atoms with Gasteiger partial charge >= 0.3 is 0 Å². The van der Waals surface area contributed by atoms with E-state index in [0.29, 0.717) is 24.0 Å². The fraction of sp³-hybridized carbons (Fsp3) is 0.667. The number of likely N-dealkylation sites (N-methyl/N-ethyl adjacent to an activating group) is 1. The Morgan fingerprint density at radius 1 is 1.25 bits per heavy atom. The van der Waals surface area contributed by atoms with Crippen LogP contribution in [0.15, 0.2) is 24.8 Å². The first-order valence-corrected chi connectivity index (χ1v) is 10.4. The third-order valence-corrected chi connectivity index (χ3v) is 6.66. The van der Waals surface area contributed by atoms with Gasteiger partial charge in [-0.3, -0.25) is 4.68 Å². The summed E-state index contributed by atoms with van der Waals surface area (Å²) < 4.78 is 1.84. The fourth-order valence-corrected chi connectivity index (χ4v) is 4.88. The van der Waals surface area contributed by atoms with Crippen molar-refractivity contribution in [3.63, 3.8) is 0 Å². The maximum atomic E-state index is 9.36. The van der Waals surface area contributed by atoms with Crippen molar-refractivity contribution in [2.75, 3.05) is 30.4 Å². The van der Waals surface area contributed by atoms with Crippen LogP contribution in [-0.2, 0) is 13.5 Å². The van der Waals surface area contributed by atoms with E-state index in [-0.39, 0.29) is 0 Å². The SMILES string of the molecule is CN(CCc1cnn(C)c1)c1nccnc1NC1CC2(CCC(CO)CC2)C1. The van der Waals surface area contributed by atoms with E-state index in [1.807, 2.05) is 17.9 Å². The van der Waals surface area contributed by atoms with Gasteiger partial charge in [-0.05, 0) is 61.8 Å². The summed E-state index contributed by atoms with van der Waals surface area (Å²) in [5.74, 6) is 2.33. The summed E-state index contributed by atoms with van der Waals surface area (Å²) in [5, 5.41) is 17.2. The molecule has 2 heterocycles. The predicted molar refractivity (Wildman–Crippen MR) is 110 cm³/mol. The smallest absolute Gasteiger partial charge is 0.171 e. The summed E-state index contributed by atoms with van der Waals surface area (Å²) >= 11 is 0. The summed E-state index contributed by atoms with van der Waals surface area (Å²) in [6.45, 7) is 1.22. The summed E-state index contributed by atoms with van der Waals surface area (Å²) in [6.07, 6.45) is 15.7. The van der Waals surface area contributed by atoms with Gasteiger partial charge in [-0.15, -0.1) is 0 Å². The lowest BCUT2D eigenvalue weighted by molar-refractivity contribution is 0.0299. The number of nitrogens with one attached hydrogen (secondary N) is 1. The number of anilines is 2. The van der Waals surface area contributed by atoms with Gasteiger partial charge in [-0.2, -0.15) is 5.10 Å². The Morgan fingerprint density at radius 3 is 2.68 bits per heavy atom. The highest BCUT2D eigenvalue weighted by Gasteiger charge is 2.46. The molecule has 28 heavy (non-hydrogen) atoms. The van der Waals surface area contributed by atoms with E-state index >= 15 is 0 Å². The van der Waals surface area contributed by atoms with Crippen LogP contribution < -0.4 is 10.2 Å². The summed E-state index contributed by atoms with van der Waals surface area (Å²) in [7, 11) is 4.02. The molecular formula is C21H32N6O. The minimum absolute atomic E-state index is 0.353. The van der Waals surface area contributed by atoms with Gasteiger partial charge in [0.2, 0.25) is 0 Å². The minimum atomic E-state index is 0.353. The first-order chi connectivity index (χ1) is 13.6. The molecule has 7 nitrogen and oxygen atoms in total. The lowest BCUT2D eigenvalue weighted by Crippen LogP contribution is -2.47. The Balaban J connectivity index is 1.32. The highest BCUT2D eigenvalue weighted by atomic mass is 16.3. The number of hydrogen-bond donors (Lipinski definition) is 2. The number of nitrogens with zero attached hydrogens (tertiary/aromatic N) is 5. The zero-order valence-electron chi connectivity index (χ0n) is 17.0. The highest BCUT2D eigenvalue weighted by Crippen LogP contribution is 2.53. The van der Waals surface area contributed by atoms with E-state index in [1.54, 1.807) is 12.4 Å². The summed E-state index contributed by atoms with van der Waals surface area (Å²) in [5.41, 5.74) is 1.73.